The molecule has 1 N–H and O–H groups in total. The molecule has 0 spiro atoms. The second kappa shape index (κ2) is 9.04. The number of halogens is 3. The minimum Gasteiger partial charge on any atom is -0.448 e. The molecule has 0 aliphatic heterocycles. The summed E-state index contributed by atoms with van der Waals surface area (Å²) in [5.74, 6) is -1.03. The maximum atomic E-state index is 12.6. The van der Waals surface area contributed by atoms with Crippen LogP contribution in [0.3, 0.4) is 0 Å². The lowest BCUT2D eigenvalue weighted by Crippen LogP contribution is -2.30. The number of aryl methyl sites for hydroxylation is 2. The molecule has 1 amide bonds. The van der Waals surface area contributed by atoms with Crippen molar-refractivity contribution in [2.24, 2.45) is 0 Å². The minimum absolute atomic E-state index is 0.0933. The SMILES string of the molecule is Cc1cc(C)n(-c2ccc(Cl)c(C(=O)O[C@H](C)C(=O)Nc3cccc(Cl)c3Cl)n2)n1. The maximum Gasteiger partial charge on any atom is 0.359 e. The first kappa shape index (κ1) is 22.1. The number of nitrogens with one attached hydrogen (secondary N) is 1. The fraction of sp³-hybridized carbons (Fsp3) is 0.200. The molecule has 0 saturated heterocycles. The third kappa shape index (κ3) is 4.75. The first-order valence-corrected chi connectivity index (χ1v) is 9.97. The standard InChI is InChI=1S/C20H17Cl3N4O3/c1-10-9-11(2)27(26-10)16-8-7-14(22)18(25-16)20(29)30-12(3)19(28)24-15-6-4-5-13(21)17(15)23/h4-9,12H,1-3H3,(H,24,28)/t12-/m1/s1. The molecular formula is C20H17Cl3N4O3. The lowest BCUT2D eigenvalue weighted by atomic mass is 10.3. The molecule has 0 aliphatic rings. The van der Waals surface area contributed by atoms with Crippen molar-refractivity contribution < 1.29 is 14.3 Å². The van der Waals surface area contributed by atoms with E-state index < -0.39 is 18.0 Å². The molecule has 2 aromatic heterocycles. The largest absolute Gasteiger partial charge is 0.448 e. The minimum atomic E-state index is -1.14. The van der Waals surface area contributed by atoms with E-state index in [1.165, 1.54) is 13.0 Å². The Bertz CT molecular complexity index is 1130. The van der Waals surface area contributed by atoms with Crippen LogP contribution in [0.4, 0.5) is 5.69 Å². The summed E-state index contributed by atoms with van der Waals surface area (Å²) in [5.41, 5.74) is 1.83. The number of benzene rings is 1. The van der Waals surface area contributed by atoms with Crippen molar-refractivity contribution in [3.63, 3.8) is 0 Å². The second-order valence-electron chi connectivity index (χ2n) is 6.48. The third-order valence-electron chi connectivity index (χ3n) is 4.11. The summed E-state index contributed by atoms with van der Waals surface area (Å²) in [6, 6.07) is 9.84. The van der Waals surface area contributed by atoms with Gasteiger partial charge in [-0.15, -0.1) is 0 Å². The molecule has 0 saturated carbocycles. The molecule has 30 heavy (non-hydrogen) atoms. The van der Waals surface area contributed by atoms with Gasteiger partial charge in [0.1, 0.15) is 0 Å². The Morgan fingerprint density at radius 1 is 1.10 bits per heavy atom. The van der Waals surface area contributed by atoms with E-state index in [-0.39, 0.29) is 20.8 Å². The van der Waals surface area contributed by atoms with Gasteiger partial charge in [0.15, 0.2) is 17.6 Å². The summed E-state index contributed by atoms with van der Waals surface area (Å²) in [5, 5.41) is 7.47. The van der Waals surface area contributed by atoms with Crippen molar-refractivity contribution in [3.05, 3.63) is 68.5 Å². The monoisotopic (exact) mass is 466 g/mol. The highest BCUT2D eigenvalue weighted by Gasteiger charge is 2.23. The molecule has 3 aromatic rings. The van der Waals surface area contributed by atoms with Gasteiger partial charge in [0, 0.05) is 5.69 Å². The fourth-order valence-corrected chi connectivity index (χ4v) is 3.19. The maximum absolute atomic E-state index is 12.6. The van der Waals surface area contributed by atoms with Crippen LogP contribution in [0.25, 0.3) is 5.82 Å². The van der Waals surface area contributed by atoms with E-state index in [9.17, 15) is 9.59 Å². The number of nitrogens with zero attached hydrogens (tertiary/aromatic N) is 3. The van der Waals surface area contributed by atoms with E-state index in [0.717, 1.165) is 11.4 Å². The molecule has 0 unspecified atom stereocenters. The molecular weight excluding hydrogens is 451 g/mol. The summed E-state index contributed by atoms with van der Waals surface area (Å²) in [6.45, 7) is 5.13. The predicted octanol–water partition coefficient (Wildman–Crippen LogP) is 5.03. The summed E-state index contributed by atoms with van der Waals surface area (Å²) in [6.07, 6.45) is -1.14. The van der Waals surface area contributed by atoms with E-state index in [0.29, 0.717) is 11.5 Å². The van der Waals surface area contributed by atoms with Crippen molar-refractivity contribution >= 4 is 52.4 Å². The van der Waals surface area contributed by atoms with E-state index in [1.807, 2.05) is 19.9 Å². The molecule has 10 heteroatoms. The molecule has 0 aliphatic carbocycles. The van der Waals surface area contributed by atoms with Gasteiger partial charge < -0.3 is 10.1 Å². The first-order valence-electron chi connectivity index (χ1n) is 8.83. The van der Waals surface area contributed by atoms with Crippen molar-refractivity contribution in [2.45, 2.75) is 26.9 Å². The Morgan fingerprint density at radius 3 is 2.50 bits per heavy atom. The third-order valence-corrected chi connectivity index (χ3v) is 5.24. The van der Waals surface area contributed by atoms with Crippen molar-refractivity contribution in [1.29, 1.82) is 0 Å². The topological polar surface area (TPSA) is 86.1 Å². The summed E-state index contributed by atoms with van der Waals surface area (Å²) in [4.78, 5) is 29.3. The average Bonchev–Trinajstić information content (AvgIpc) is 3.03. The second-order valence-corrected chi connectivity index (χ2v) is 7.67. The fourth-order valence-electron chi connectivity index (χ4n) is 2.66. The van der Waals surface area contributed by atoms with Crippen molar-refractivity contribution in [2.75, 3.05) is 5.32 Å². The molecule has 1 aromatic carbocycles. The number of carbonyl (C=O) groups excluding carboxylic acids is 2. The average molecular weight is 468 g/mol. The van der Waals surface area contributed by atoms with Crippen LogP contribution in [0, 0.1) is 13.8 Å². The summed E-state index contributed by atoms with van der Waals surface area (Å²) in [7, 11) is 0. The highest BCUT2D eigenvalue weighted by atomic mass is 35.5. The number of rotatable bonds is 5. The number of ether oxygens (including phenoxy) is 1. The molecule has 1 atom stereocenters. The normalized spacial score (nSPS) is 11.8. The van der Waals surface area contributed by atoms with Crippen LogP contribution in [-0.2, 0) is 9.53 Å². The number of hydrogen-bond acceptors (Lipinski definition) is 5. The quantitative estimate of drug-likeness (QED) is 0.532. The van der Waals surface area contributed by atoms with Gasteiger partial charge in [0.2, 0.25) is 0 Å². The summed E-state index contributed by atoms with van der Waals surface area (Å²) >= 11 is 18.1. The van der Waals surface area contributed by atoms with Crippen LogP contribution < -0.4 is 5.32 Å². The van der Waals surface area contributed by atoms with Gasteiger partial charge in [-0.25, -0.2) is 14.5 Å². The number of carbonyl (C=O) groups is 2. The van der Waals surface area contributed by atoms with Crippen LogP contribution in [-0.4, -0.2) is 32.7 Å². The van der Waals surface area contributed by atoms with Crippen molar-refractivity contribution in [1.82, 2.24) is 14.8 Å². The Morgan fingerprint density at radius 2 is 1.83 bits per heavy atom. The lowest BCUT2D eigenvalue weighted by molar-refractivity contribution is -0.123. The van der Waals surface area contributed by atoms with Gasteiger partial charge in [-0.3, -0.25) is 4.79 Å². The van der Waals surface area contributed by atoms with E-state index >= 15 is 0 Å². The van der Waals surface area contributed by atoms with Crippen molar-refractivity contribution in [3.8, 4) is 5.82 Å². The number of anilines is 1. The molecule has 7 nitrogen and oxygen atoms in total. The highest BCUT2D eigenvalue weighted by molar-refractivity contribution is 6.44. The van der Waals surface area contributed by atoms with Gasteiger partial charge in [0.25, 0.3) is 5.91 Å². The molecule has 0 bridgehead atoms. The van der Waals surface area contributed by atoms with Gasteiger partial charge in [-0.05, 0) is 51.1 Å². The van der Waals surface area contributed by atoms with Crippen LogP contribution in [0.2, 0.25) is 15.1 Å². The predicted molar refractivity (Wildman–Crippen MR) is 116 cm³/mol. The summed E-state index contributed by atoms with van der Waals surface area (Å²) < 4.78 is 6.83. The number of pyridine rings is 1. The first-order chi connectivity index (χ1) is 14.2. The van der Waals surface area contributed by atoms with Gasteiger partial charge in [-0.1, -0.05) is 40.9 Å². The number of hydrogen-bond donors (Lipinski definition) is 1. The molecule has 0 radical (unpaired) electrons. The zero-order valence-corrected chi connectivity index (χ0v) is 18.5. The number of aromatic nitrogens is 3. The van der Waals surface area contributed by atoms with E-state index in [1.54, 1.807) is 28.9 Å². The van der Waals surface area contributed by atoms with Crippen LogP contribution >= 0.6 is 34.8 Å². The Hall–Kier alpha value is -2.61. The lowest BCUT2D eigenvalue weighted by Gasteiger charge is -2.15. The Labute approximate surface area is 187 Å². The van der Waals surface area contributed by atoms with Gasteiger partial charge in [-0.2, -0.15) is 5.10 Å². The molecule has 3 rings (SSSR count). The van der Waals surface area contributed by atoms with Gasteiger partial charge >= 0.3 is 5.97 Å². The van der Waals surface area contributed by atoms with E-state index in [2.05, 4.69) is 15.4 Å². The Balaban J connectivity index is 1.76. The Kier molecular flexibility index (Phi) is 6.65. The van der Waals surface area contributed by atoms with Crippen LogP contribution in [0.1, 0.15) is 28.8 Å². The zero-order valence-electron chi connectivity index (χ0n) is 16.2. The molecule has 2 heterocycles. The molecule has 0 fully saturated rings. The van der Waals surface area contributed by atoms with Crippen LogP contribution in [0.15, 0.2) is 36.4 Å². The van der Waals surface area contributed by atoms with E-state index in [4.69, 9.17) is 39.5 Å². The number of esters is 1. The smallest absolute Gasteiger partial charge is 0.359 e. The highest BCUT2D eigenvalue weighted by Crippen LogP contribution is 2.29. The number of amides is 1. The van der Waals surface area contributed by atoms with Crippen LogP contribution in [0.5, 0.6) is 0 Å². The zero-order chi connectivity index (χ0) is 22.0. The van der Waals surface area contributed by atoms with Gasteiger partial charge in [0.05, 0.1) is 26.4 Å². The molecule has 156 valence electrons.